The normalized spacial score (nSPS) is 26.7. The maximum atomic E-state index is 12.8. The van der Waals surface area contributed by atoms with Gasteiger partial charge < -0.3 is 5.32 Å². The Hall–Kier alpha value is -1.73. The van der Waals surface area contributed by atoms with Crippen molar-refractivity contribution in [2.75, 3.05) is 0 Å². The summed E-state index contributed by atoms with van der Waals surface area (Å²) < 4.78 is 0. The number of imide groups is 1. The van der Waals surface area contributed by atoms with Crippen LogP contribution < -0.4 is 10.7 Å². The molecule has 1 atom stereocenters. The molecular weight excluding hydrogens is 374 g/mol. The largest absolute Gasteiger partial charge is 0.344 e. The lowest BCUT2D eigenvalue weighted by atomic mass is 9.77. The van der Waals surface area contributed by atoms with Crippen molar-refractivity contribution in [1.82, 2.24) is 15.8 Å². The summed E-state index contributed by atoms with van der Waals surface area (Å²) in [4.78, 5) is 38.3. The van der Waals surface area contributed by atoms with Crippen molar-refractivity contribution >= 4 is 41.2 Å². The summed E-state index contributed by atoms with van der Waals surface area (Å²) in [5, 5.41) is 3.79. The monoisotopic (exact) mass is 395 g/mol. The predicted octanol–water partition coefficient (Wildman–Crippen LogP) is 3.35. The number of carbonyl (C=O) groups excluding carboxylic acids is 3. The van der Waals surface area contributed by atoms with E-state index in [1.807, 2.05) is 12.1 Å². The zero-order valence-corrected chi connectivity index (χ0v) is 16.3. The fraction of sp³-hybridized carbons (Fsp3) is 0.500. The van der Waals surface area contributed by atoms with E-state index in [0.717, 1.165) is 22.7 Å². The van der Waals surface area contributed by atoms with E-state index in [1.54, 1.807) is 19.1 Å². The highest BCUT2D eigenvalue weighted by Gasteiger charge is 2.53. The molecule has 0 aromatic heterocycles. The SMILES string of the molecule is CC1CCC2(CC1)NC(=O)N(NC(=O)[C@@H](C)Sc1ccc(Cl)cc1)C2=O. The molecule has 1 aliphatic carbocycles. The molecule has 1 aromatic rings. The second-order valence-corrected chi connectivity index (χ2v) is 8.88. The van der Waals surface area contributed by atoms with Crippen molar-refractivity contribution in [3.05, 3.63) is 29.3 Å². The topological polar surface area (TPSA) is 78.5 Å². The minimum Gasteiger partial charge on any atom is -0.322 e. The maximum Gasteiger partial charge on any atom is 0.344 e. The number of nitrogens with one attached hydrogen (secondary N) is 2. The van der Waals surface area contributed by atoms with E-state index in [-0.39, 0.29) is 5.91 Å². The zero-order valence-electron chi connectivity index (χ0n) is 14.8. The van der Waals surface area contributed by atoms with Crippen LogP contribution in [0.3, 0.4) is 0 Å². The first-order valence-electron chi connectivity index (χ1n) is 8.70. The quantitative estimate of drug-likeness (QED) is 0.605. The summed E-state index contributed by atoms with van der Waals surface area (Å²) >= 11 is 7.19. The van der Waals surface area contributed by atoms with Gasteiger partial charge in [0, 0.05) is 9.92 Å². The summed E-state index contributed by atoms with van der Waals surface area (Å²) in [7, 11) is 0. The van der Waals surface area contributed by atoms with Crippen LogP contribution in [0.15, 0.2) is 29.2 Å². The van der Waals surface area contributed by atoms with Gasteiger partial charge in [-0.25, -0.2) is 4.79 Å². The van der Waals surface area contributed by atoms with Gasteiger partial charge in [-0.15, -0.1) is 11.8 Å². The molecule has 1 spiro atoms. The van der Waals surface area contributed by atoms with E-state index in [2.05, 4.69) is 17.7 Å². The molecule has 6 nitrogen and oxygen atoms in total. The molecule has 26 heavy (non-hydrogen) atoms. The first-order valence-corrected chi connectivity index (χ1v) is 9.96. The molecule has 1 saturated carbocycles. The third-order valence-electron chi connectivity index (χ3n) is 5.01. The second-order valence-electron chi connectivity index (χ2n) is 7.03. The average Bonchev–Trinajstić information content (AvgIpc) is 2.84. The van der Waals surface area contributed by atoms with E-state index in [0.29, 0.717) is 23.8 Å². The fourth-order valence-corrected chi connectivity index (χ4v) is 4.27. The minimum atomic E-state index is -0.858. The van der Waals surface area contributed by atoms with Crippen molar-refractivity contribution in [3.8, 4) is 0 Å². The number of hydrogen-bond donors (Lipinski definition) is 2. The Morgan fingerprint density at radius 1 is 1.31 bits per heavy atom. The first kappa shape index (κ1) is 19.0. The van der Waals surface area contributed by atoms with E-state index in [1.165, 1.54) is 11.8 Å². The van der Waals surface area contributed by atoms with E-state index in [9.17, 15) is 14.4 Å². The van der Waals surface area contributed by atoms with Gasteiger partial charge in [-0.3, -0.25) is 15.0 Å². The predicted molar refractivity (Wildman–Crippen MR) is 101 cm³/mol. The zero-order chi connectivity index (χ0) is 18.9. The number of amides is 4. The first-order chi connectivity index (χ1) is 12.3. The Morgan fingerprint density at radius 3 is 2.54 bits per heavy atom. The van der Waals surface area contributed by atoms with Gasteiger partial charge in [0.05, 0.1) is 5.25 Å². The lowest BCUT2D eigenvalue weighted by molar-refractivity contribution is -0.139. The molecule has 3 rings (SSSR count). The van der Waals surface area contributed by atoms with E-state index >= 15 is 0 Å². The van der Waals surface area contributed by atoms with Crippen LogP contribution in [-0.4, -0.2) is 33.6 Å². The number of benzene rings is 1. The van der Waals surface area contributed by atoms with Gasteiger partial charge in [-0.05, 0) is 62.8 Å². The molecule has 2 aliphatic rings. The van der Waals surface area contributed by atoms with Gasteiger partial charge in [0.2, 0.25) is 0 Å². The van der Waals surface area contributed by atoms with Crippen LogP contribution >= 0.6 is 23.4 Å². The van der Waals surface area contributed by atoms with Crippen molar-refractivity contribution in [3.63, 3.8) is 0 Å². The fourth-order valence-electron chi connectivity index (χ4n) is 3.29. The van der Waals surface area contributed by atoms with Crippen LogP contribution in [-0.2, 0) is 9.59 Å². The average molecular weight is 396 g/mol. The Balaban J connectivity index is 1.62. The molecule has 4 amide bonds. The van der Waals surface area contributed by atoms with Crippen molar-refractivity contribution < 1.29 is 14.4 Å². The van der Waals surface area contributed by atoms with Crippen LogP contribution in [0.4, 0.5) is 4.79 Å². The molecule has 2 fully saturated rings. The number of halogens is 1. The molecule has 0 radical (unpaired) electrons. The lowest BCUT2D eigenvalue weighted by Gasteiger charge is -2.33. The van der Waals surface area contributed by atoms with Gasteiger partial charge in [0.1, 0.15) is 5.54 Å². The molecule has 1 heterocycles. The highest BCUT2D eigenvalue weighted by molar-refractivity contribution is 8.00. The van der Waals surface area contributed by atoms with Crippen LogP contribution in [0.1, 0.15) is 39.5 Å². The Bertz CT molecular complexity index is 717. The molecule has 0 unspecified atom stereocenters. The summed E-state index contributed by atoms with van der Waals surface area (Å²) in [6.45, 7) is 3.87. The second kappa shape index (κ2) is 7.48. The third kappa shape index (κ3) is 3.83. The third-order valence-corrected chi connectivity index (χ3v) is 6.37. The number of thioether (sulfide) groups is 1. The number of hydrazine groups is 1. The van der Waals surface area contributed by atoms with Crippen LogP contribution in [0.5, 0.6) is 0 Å². The van der Waals surface area contributed by atoms with E-state index < -0.39 is 22.7 Å². The number of hydrogen-bond acceptors (Lipinski definition) is 4. The van der Waals surface area contributed by atoms with Crippen LogP contribution in [0, 0.1) is 5.92 Å². The number of rotatable bonds is 4. The van der Waals surface area contributed by atoms with Crippen LogP contribution in [0.2, 0.25) is 5.02 Å². The minimum absolute atomic E-state index is 0.355. The summed E-state index contributed by atoms with van der Waals surface area (Å²) in [5.41, 5.74) is 1.62. The van der Waals surface area contributed by atoms with Crippen LogP contribution in [0.25, 0.3) is 0 Å². The Labute approximate surface area is 162 Å². The molecular formula is C18H22ClN3O3S. The lowest BCUT2D eigenvalue weighted by Crippen LogP contribution is -2.52. The summed E-state index contributed by atoms with van der Waals surface area (Å²) in [6, 6.07) is 6.59. The highest BCUT2D eigenvalue weighted by atomic mass is 35.5. The Kier molecular flexibility index (Phi) is 5.48. The van der Waals surface area contributed by atoms with Gasteiger partial charge in [0.25, 0.3) is 11.8 Å². The molecule has 1 saturated heterocycles. The number of carbonyl (C=O) groups is 3. The molecule has 1 aliphatic heterocycles. The summed E-state index contributed by atoms with van der Waals surface area (Å²) in [5.74, 6) is -0.203. The standard InChI is InChI=1S/C18H22ClN3O3S/c1-11-7-9-18(10-8-11)16(24)22(17(25)20-18)21-15(23)12(2)26-14-5-3-13(19)4-6-14/h3-6,11-12H,7-10H2,1-2H3,(H,20,25)(H,21,23)/t11?,12-,18?/m1/s1. The van der Waals surface area contributed by atoms with E-state index in [4.69, 9.17) is 11.6 Å². The van der Waals surface area contributed by atoms with Crippen molar-refractivity contribution in [1.29, 1.82) is 0 Å². The van der Waals surface area contributed by atoms with Gasteiger partial charge in [-0.1, -0.05) is 18.5 Å². The molecule has 2 N–H and O–H groups in total. The van der Waals surface area contributed by atoms with Gasteiger partial charge in [-0.2, -0.15) is 5.01 Å². The summed E-state index contributed by atoms with van der Waals surface area (Å²) in [6.07, 6.45) is 2.99. The molecule has 1 aromatic carbocycles. The number of urea groups is 1. The molecule has 0 bridgehead atoms. The van der Waals surface area contributed by atoms with Gasteiger partial charge in [0.15, 0.2) is 0 Å². The van der Waals surface area contributed by atoms with Gasteiger partial charge >= 0.3 is 6.03 Å². The highest BCUT2D eigenvalue weighted by Crippen LogP contribution is 2.36. The number of nitrogens with zero attached hydrogens (tertiary/aromatic N) is 1. The smallest absolute Gasteiger partial charge is 0.322 e. The van der Waals surface area contributed by atoms with Crippen molar-refractivity contribution in [2.24, 2.45) is 5.92 Å². The molecule has 140 valence electrons. The van der Waals surface area contributed by atoms with Crippen molar-refractivity contribution in [2.45, 2.75) is 55.2 Å². The maximum absolute atomic E-state index is 12.8. The molecule has 8 heteroatoms. The Morgan fingerprint density at radius 2 is 1.92 bits per heavy atom.